The van der Waals surface area contributed by atoms with E-state index in [-0.39, 0.29) is 12.3 Å². The first-order valence-electron chi connectivity index (χ1n) is 7.38. The van der Waals surface area contributed by atoms with E-state index in [4.69, 9.17) is 9.15 Å². The third-order valence-electron chi connectivity index (χ3n) is 3.54. The minimum absolute atomic E-state index is 0.0306. The number of aryl methyl sites for hydroxylation is 2. The molecule has 7 heteroatoms. The molecular formula is C17H17N3O3S. The molecule has 0 aliphatic rings. The fraction of sp³-hybridized carbons (Fsp3) is 0.235. The molecule has 0 saturated heterocycles. The summed E-state index contributed by atoms with van der Waals surface area (Å²) in [6.45, 7) is 3.89. The minimum Gasteiger partial charge on any atom is -0.497 e. The van der Waals surface area contributed by atoms with Gasteiger partial charge in [0.2, 0.25) is 11.8 Å². The molecule has 3 rings (SSSR count). The van der Waals surface area contributed by atoms with Crippen LogP contribution in [0.5, 0.6) is 5.75 Å². The average molecular weight is 343 g/mol. The van der Waals surface area contributed by atoms with E-state index in [1.807, 2.05) is 31.4 Å². The van der Waals surface area contributed by atoms with E-state index in [1.54, 1.807) is 19.2 Å². The van der Waals surface area contributed by atoms with Crippen LogP contribution < -0.4 is 10.1 Å². The Labute approximate surface area is 143 Å². The summed E-state index contributed by atoms with van der Waals surface area (Å²) >= 11 is 1.53. The van der Waals surface area contributed by atoms with Crippen molar-refractivity contribution in [3.63, 3.8) is 0 Å². The number of hydrogen-bond acceptors (Lipinski definition) is 6. The van der Waals surface area contributed by atoms with E-state index in [1.165, 1.54) is 11.3 Å². The van der Waals surface area contributed by atoms with E-state index < -0.39 is 0 Å². The van der Waals surface area contributed by atoms with Gasteiger partial charge in [-0.3, -0.25) is 4.79 Å². The van der Waals surface area contributed by atoms with E-state index in [9.17, 15) is 4.79 Å². The van der Waals surface area contributed by atoms with Crippen molar-refractivity contribution >= 4 is 22.9 Å². The Morgan fingerprint density at radius 3 is 2.75 bits per heavy atom. The summed E-state index contributed by atoms with van der Waals surface area (Å²) in [5, 5.41) is 12.8. The van der Waals surface area contributed by atoms with Gasteiger partial charge in [-0.2, -0.15) is 0 Å². The number of rotatable bonds is 5. The van der Waals surface area contributed by atoms with Gasteiger partial charge in [0.25, 0.3) is 5.89 Å². The van der Waals surface area contributed by atoms with Crippen LogP contribution in [0.3, 0.4) is 0 Å². The second-order valence-corrected chi connectivity index (χ2v) is 6.26. The Bertz CT molecular complexity index is 870. The second kappa shape index (κ2) is 6.84. The molecule has 124 valence electrons. The van der Waals surface area contributed by atoms with Crippen molar-refractivity contribution in [2.24, 2.45) is 0 Å². The maximum atomic E-state index is 12.2. The van der Waals surface area contributed by atoms with E-state index in [2.05, 4.69) is 15.5 Å². The van der Waals surface area contributed by atoms with Crippen LogP contribution in [0.25, 0.3) is 10.8 Å². The van der Waals surface area contributed by atoms with E-state index >= 15 is 0 Å². The van der Waals surface area contributed by atoms with E-state index in [0.29, 0.717) is 11.8 Å². The summed E-state index contributed by atoms with van der Waals surface area (Å²) in [5.74, 6) is 1.28. The molecular weight excluding hydrogens is 326 g/mol. The summed E-state index contributed by atoms with van der Waals surface area (Å²) in [5.41, 5.74) is 2.73. The monoisotopic (exact) mass is 343 g/mol. The topological polar surface area (TPSA) is 77.2 Å². The third kappa shape index (κ3) is 3.46. The van der Waals surface area contributed by atoms with Gasteiger partial charge in [0.1, 0.15) is 12.2 Å². The molecule has 1 aromatic carbocycles. The number of methoxy groups -OCH3 is 1. The smallest absolute Gasteiger partial charge is 0.258 e. The van der Waals surface area contributed by atoms with Gasteiger partial charge in [-0.15, -0.1) is 21.5 Å². The number of benzene rings is 1. The molecule has 1 amide bonds. The van der Waals surface area contributed by atoms with Crippen LogP contribution in [0.2, 0.25) is 0 Å². The lowest BCUT2D eigenvalue weighted by atomic mass is 10.2. The largest absolute Gasteiger partial charge is 0.497 e. The number of amides is 1. The number of nitrogens with one attached hydrogen (secondary N) is 1. The van der Waals surface area contributed by atoms with Crippen molar-refractivity contribution in [3.05, 3.63) is 46.7 Å². The third-order valence-corrected chi connectivity index (χ3v) is 4.55. The fourth-order valence-electron chi connectivity index (χ4n) is 2.24. The number of anilines is 1. The van der Waals surface area contributed by atoms with Crippen LogP contribution >= 0.6 is 11.3 Å². The van der Waals surface area contributed by atoms with Crippen LogP contribution in [0.4, 0.5) is 5.69 Å². The lowest BCUT2D eigenvalue weighted by Crippen LogP contribution is -2.15. The molecule has 6 nitrogen and oxygen atoms in total. The van der Waals surface area contributed by atoms with Crippen molar-refractivity contribution < 1.29 is 13.9 Å². The van der Waals surface area contributed by atoms with Gasteiger partial charge < -0.3 is 14.5 Å². The van der Waals surface area contributed by atoms with Crippen molar-refractivity contribution in [3.8, 4) is 16.5 Å². The van der Waals surface area contributed by atoms with Crippen LogP contribution in [0, 0.1) is 13.8 Å². The molecule has 0 unspecified atom stereocenters. The van der Waals surface area contributed by atoms with Gasteiger partial charge >= 0.3 is 0 Å². The number of nitrogens with zero attached hydrogens (tertiary/aromatic N) is 2. The number of thiophene rings is 1. The molecule has 0 atom stereocenters. The number of aromatic nitrogens is 2. The predicted molar refractivity (Wildman–Crippen MR) is 92.4 cm³/mol. The summed E-state index contributed by atoms with van der Waals surface area (Å²) in [6, 6.07) is 7.45. The fourth-order valence-corrected chi connectivity index (χ4v) is 3.09. The Hall–Kier alpha value is -2.67. The Balaban J connectivity index is 1.67. The highest BCUT2D eigenvalue weighted by atomic mass is 32.1. The van der Waals surface area contributed by atoms with Crippen LogP contribution in [0.1, 0.15) is 17.0 Å². The van der Waals surface area contributed by atoms with Crippen molar-refractivity contribution in [1.29, 1.82) is 0 Å². The molecule has 24 heavy (non-hydrogen) atoms. The van der Waals surface area contributed by atoms with Gasteiger partial charge in [0, 0.05) is 5.69 Å². The van der Waals surface area contributed by atoms with Crippen LogP contribution in [-0.2, 0) is 11.2 Å². The standard InChI is InChI=1S/C17H17N3O3S/c1-10-6-7-24-16(10)17-20-19-15(23-17)9-14(21)18-13-5-4-12(22-3)8-11(13)2/h4-8H,9H2,1-3H3,(H,18,21). The van der Waals surface area contributed by atoms with Gasteiger partial charge in [-0.1, -0.05) is 0 Å². The van der Waals surface area contributed by atoms with Crippen LogP contribution in [0.15, 0.2) is 34.1 Å². The van der Waals surface area contributed by atoms with Crippen molar-refractivity contribution in [2.45, 2.75) is 20.3 Å². The maximum Gasteiger partial charge on any atom is 0.258 e. The summed E-state index contributed by atoms with van der Waals surface area (Å²) in [4.78, 5) is 13.1. The number of ether oxygens (including phenoxy) is 1. The van der Waals surface area contributed by atoms with Crippen molar-refractivity contribution in [2.75, 3.05) is 12.4 Å². The molecule has 0 spiro atoms. The highest BCUT2D eigenvalue weighted by Gasteiger charge is 2.15. The lowest BCUT2D eigenvalue weighted by molar-refractivity contribution is -0.115. The SMILES string of the molecule is COc1ccc(NC(=O)Cc2nnc(-c3sccc3C)o2)c(C)c1. The molecule has 0 aliphatic carbocycles. The Morgan fingerprint density at radius 1 is 1.25 bits per heavy atom. The summed E-state index contributed by atoms with van der Waals surface area (Å²) in [7, 11) is 1.61. The molecule has 0 aliphatic heterocycles. The van der Waals surface area contributed by atoms with Gasteiger partial charge in [0.15, 0.2) is 0 Å². The Morgan fingerprint density at radius 2 is 2.08 bits per heavy atom. The van der Waals surface area contributed by atoms with Crippen molar-refractivity contribution in [1.82, 2.24) is 10.2 Å². The Kier molecular flexibility index (Phi) is 4.61. The van der Waals surface area contributed by atoms with Crippen LogP contribution in [-0.4, -0.2) is 23.2 Å². The highest BCUT2D eigenvalue weighted by Crippen LogP contribution is 2.28. The summed E-state index contributed by atoms with van der Waals surface area (Å²) < 4.78 is 10.7. The molecule has 2 aromatic heterocycles. The molecule has 1 N–H and O–H groups in total. The normalized spacial score (nSPS) is 10.6. The molecule has 0 saturated carbocycles. The number of carbonyl (C=O) groups excluding carboxylic acids is 1. The first-order valence-corrected chi connectivity index (χ1v) is 8.26. The average Bonchev–Trinajstić information content (AvgIpc) is 3.18. The van der Waals surface area contributed by atoms with Gasteiger partial charge in [0.05, 0.1) is 12.0 Å². The maximum absolute atomic E-state index is 12.2. The zero-order valence-electron chi connectivity index (χ0n) is 13.6. The zero-order valence-corrected chi connectivity index (χ0v) is 14.4. The quantitative estimate of drug-likeness (QED) is 0.766. The predicted octanol–water partition coefficient (Wildman–Crippen LogP) is 3.60. The van der Waals surface area contributed by atoms with Gasteiger partial charge in [-0.25, -0.2) is 0 Å². The van der Waals surface area contributed by atoms with Gasteiger partial charge in [-0.05, 0) is 54.6 Å². The second-order valence-electron chi connectivity index (χ2n) is 5.34. The molecule has 0 fully saturated rings. The minimum atomic E-state index is -0.207. The molecule has 3 aromatic rings. The number of hydrogen-bond donors (Lipinski definition) is 1. The first kappa shape index (κ1) is 16.2. The zero-order chi connectivity index (χ0) is 17.1. The molecule has 2 heterocycles. The number of carbonyl (C=O) groups is 1. The first-order chi connectivity index (χ1) is 11.6. The molecule has 0 radical (unpaired) electrons. The van der Waals surface area contributed by atoms with E-state index in [0.717, 1.165) is 27.4 Å². The summed E-state index contributed by atoms with van der Waals surface area (Å²) in [6.07, 6.45) is 0.0306. The highest BCUT2D eigenvalue weighted by molar-refractivity contribution is 7.13. The lowest BCUT2D eigenvalue weighted by Gasteiger charge is -2.09. The molecule has 0 bridgehead atoms.